The van der Waals surface area contributed by atoms with Crippen LogP contribution in [0.1, 0.15) is 32.1 Å². The second-order valence-corrected chi connectivity index (χ2v) is 4.44. The zero-order chi connectivity index (χ0) is 11.1. The molecule has 2 nitrogen and oxygen atoms in total. The number of rotatable bonds is 1. The lowest BCUT2D eigenvalue weighted by atomic mass is 9.84. The van der Waals surface area contributed by atoms with E-state index in [0.717, 1.165) is 12.8 Å². The van der Waals surface area contributed by atoms with Crippen molar-refractivity contribution in [1.29, 1.82) is 0 Å². The van der Waals surface area contributed by atoms with Crippen LogP contribution in [0.5, 0.6) is 0 Å². The fourth-order valence-electron chi connectivity index (χ4n) is 2.60. The van der Waals surface area contributed by atoms with Gasteiger partial charge in [-0.2, -0.15) is 8.78 Å². The van der Waals surface area contributed by atoms with Crippen molar-refractivity contribution < 1.29 is 18.3 Å². The van der Waals surface area contributed by atoms with Crippen molar-refractivity contribution in [3.63, 3.8) is 0 Å². The lowest BCUT2D eigenvalue weighted by molar-refractivity contribution is -0.166. The molecule has 0 amide bonds. The van der Waals surface area contributed by atoms with E-state index < -0.39 is 22.7 Å². The Balaban J connectivity index is 2.37. The van der Waals surface area contributed by atoms with Gasteiger partial charge in [0.15, 0.2) is 5.60 Å². The Kier molecular flexibility index (Phi) is 2.71. The Morgan fingerprint density at radius 2 is 2.20 bits per heavy atom. The van der Waals surface area contributed by atoms with E-state index in [2.05, 4.69) is 0 Å². The van der Waals surface area contributed by atoms with Crippen LogP contribution in [0.4, 0.5) is 8.78 Å². The number of fused-ring (bicyclic) bond motifs is 1. The third kappa shape index (κ3) is 1.65. The minimum absolute atomic E-state index is 0.0378. The van der Waals surface area contributed by atoms with Crippen molar-refractivity contribution in [2.45, 2.75) is 37.7 Å². The van der Waals surface area contributed by atoms with E-state index in [1.54, 1.807) is 0 Å². The van der Waals surface area contributed by atoms with Crippen LogP contribution in [0.25, 0.3) is 0 Å². The number of ether oxygens (including phenoxy) is 1. The largest absolute Gasteiger partial charge is 0.453 e. The smallest absolute Gasteiger partial charge is 0.306 e. The molecule has 2 fully saturated rings. The summed E-state index contributed by atoms with van der Waals surface area (Å²) in [6.07, 6.45) is 0.975. The van der Waals surface area contributed by atoms with Gasteiger partial charge in [0.05, 0.1) is 0 Å². The van der Waals surface area contributed by atoms with E-state index in [9.17, 15) is 13.6 Å². The molecule has 1 heterocycles. The minimum Gasteiger partial charge on any atom is -0.453 e. The first-order chi connectivity index (χ1) is 7.06. The lowest BCUT2D eigenvalue weighted by Gasteiger charge is -2.37. The van der Waals surface area contributed by atoms with Gasteiger partial charge in [-0.05, 0) is 25.7 Å². The molecule has 0 aromatic rings. The summed E-state index contributed by atoms with van der Waals surface area (Å²) in [5.74, 6) is -0.461. The molecule has 0 aromatic heterocycles. The molecule has 1 aliphatic carbocycles. The van der Waals surface area contributed by atoms with Gasteiger partial charge < -0.3 is 4.74 Å². The molecular formula is C10H11ClF2O2. The highest BCUT2D eigenvalue weighted by molar-refractivity contribution is 6.31. The fourth-order valence-corrected chi connectivity index (χ4v) is 2.89. The topological polar surface area (TPSA) is 26.3 Å². The number of carbonyl (C=O) groups excluding carboxylic acids is 1. The van der Waals surface area contributed by atoms with Crippen LogP contribution in [-0.2, 0) is 9.53 Å². The molecule has 1 saturated carbocycles. The number of carbonyl (C=O) groups is 1. The van der Waals surface area contributed by atoms with Gasteiger partial charge in [-0.3, -0.25) is 4.79 Å². The number of hydrogen-bond acceptors (Lipinski definition) is 2. The average Bonchev–Trinajstić information content (AvgIpc) is 2.60. The second-order valence-electron chi connectivity index (χ2n) is 4.07. The number of esters is 1. The van der Waals surface area contributed by atoms with E-state index in [1.165, 1.54) is 0 Å². The maximum atomic E-state index is 12.5. The molecule has 0 spiro atoms. The predicted octanol–water partition coefficient (Wildman–Crippen LogP) is 3.21. The highest BCUT2D eigenvalue weighted by Gasteiger charge is 2.52. The highest BCUT2D eigenvalue weighted by Crippen LogP contribution is 2.51. The second kappa shape index (κ2) is 3.74. The molecule has 0 bridgehead atoms. The van der Waals surface area contributed by atoms with Gasteiger partial charge in [0.1, 0.15) is 5.03 Å². The van der Waals surface area contributed by atoms with Crippen LogP contribution in [0, 0.1) is 5.92 Å². The molecule has 0 N–H and O–H groups in total. The van der Waals surface area contributed by atoms with Crippen LogP contribution in [-0.4, -0.2) is 11.6 Å². The standard InChI is InChI=1S/C10H11ClF2O2/c11-8(9(12)13)10-5-1-2-6(10)3-4-7(14)15-10/h6H,1-5H2/t6-,10-/m0/s1. The first-order valence-corrected chi connectivity index (χ1v) is 5.37. The Bertz CT molecular complexity index is 325. The fraction of sp³-hybridized carbons (Fsp3) is 0.700. The summed E-state index contributed by atoms with van der Waals surface area (Å²) in [6.45, 7) is 0. The van der Waals surface area contributed by atoms with Crippen molar-refractivity contribution in [2.75, 3.05) is 0 Å². The van der Waals surface area contributed by atoms with Crippen LogP contribution >= 0.6 is 11.6 Å². The zero-order valence-corrected chi connectivity index (χ0v) is 8.82. The molecule has 2 rings (SSSR count). The van der Waals surface area contributed by atoms with Gasteiger partial charge in [0, 0.05) is 12.3 Å². The first-order valence-electron chi connectivity index (χ1n) is 4.99. The Hall–Kier alpha value is -0.640. The molecular weight excluding hydrogens is 226 g/mol. The minimum atomic E-state index is -1.93. The molecule has 15 heavy (non-hydrogen) atoms. The first kappa shape index (κ1) is 10.9. The summed E-state index contributed by atoms with van der Waals surface area (Å²) in [5.41, 5.74) is -1.21. The molecule has 0 aromatic carbocycles. The summed E-state index contributed by atoms with van der Waals surface area (Å²) < 4.78 is 30.2. The summed E-state index contributed by atoms with van der Waals surface area (Å²) in [4.78, 5) is 11.2. The molecule has 0 radical (unpaired) electrons. The van der Waals surface area contributed by atoms with Crippen molar-refractivity contribution in [3.05, 3.63) is 11.1 Å². The lowest BCUT2D eigenvalue weighted by Crippen LogP contribution is -2.43. The normalized spacial score (nSPS) is 34.6. The van der Waals surface area contributed by atoms with Crippen molar-refractivity contribution in [3.8, 4) is 0 Å². The molecule has 2 atom stereocenters. The zero-order valence-electron chi connectivity index (χ0n) is 8.06. The van der Waals surface area contributed by atoms with Crippen LogP contribution in [0.3, 0.4) is 0 Å². The van der Waals surface area contributed by atoms with Crippen molar-refractivity contribution >= 4 is 17.6 Å². The highest BCUT2D eigenvalue weighted by atomic mass is 35.5. The summed E-state index contributed by atoms with van der Waals surface area (Å²) in [6, 6.07) is 0. The SMILES string of the molecule is O=C1CC[C@@H]2CCC[C@]2(C(Cl)=C(F)F)O1. The molecule has 1 aliphatic heterocycles. The van der Waals surface area contributed by atoms with Gasteiger partial charge >= 0.3 is 5.97 Å². The maximum absolute atomic E-state index is 12.5. The Labute approximate surface area is 91.2 Å². The third-order valence-corrected chi connectivity index (χ3v) is 3.75. The van der Waals surface area contributed by atoms with Crippen LogP contribution < -0.4 is 0 Å². The third-order valence-electron chi connectivity index (χ3n) is 3.29. The summed E-state index contributed by atoms with van der Waals surface area (Å²) >= 11 is 5.60. The van der Waals surface area contributed by atoms with E-state index in [1.807, 2.05) is 0 Å². The summed E-state index contributed by atoms with van der Waals surface area (Å²) in [7, 11) is 0. The van der Waals surface area contributed by atoms with Gasteiger partial charge in [0.25, 0.3) is 6.08 Å². The maximum Gasteiger partial charge on any atom is 0.306 e. The van der Waals surface area contributed by atoms with Gasteiger partial charge in [-0.1, -0.05) is 11.6 Å². The molecule has 0 unspecified atom stereocenters. The Morgan fingerprint density at radius 1 is 1.47 bits per heavy atom. The number of hydrogen-bond donors (Lipinski definition) is 0. The van der Waals surface area contributed by atoms with Crippen LogP contribution in [0.15, 0.2) is 11.1 Å². The van der Waals surface area contributed by atoms with E-state index in [0.29, 0.717) is 19.3 Å². The quantitative estimate of drug-likeness (QED) is 0.654. The average molecular weight is 237 g/mol. The van der Waals surface area contributed by atoms with Gasteiger partial charge in [-0.25, -0.2) is 0 Å². The molecule has 5 heteroatoms. The Morgan fingerprint density at radius 3 is 2.87 bits per heavy atom. The van der Waals surface area contributed by atoms with Gasteiger partial charge in [0.2, 0.25) is 0 Å². The van der Waals surface area contributed by atoms with E-state index in [-0.39, 0.29) is 5.92 Å². The van der Waals surface area contributed by atoms with E-state index in [4.69, 9.17) is 16.3 Å². The van der Waals surface area contributed by atoms with Gasteiger partial charge in [-0.15, -0.1) is 0 Å². The van der Waals surface area contributed by atoms with Crippen LogP contribution in [0.2, 0.25) is 0 Å². The number of halogens is 3. The van der Waals surface area contributed by atoms with E-state index >= 15 is 0 Å². The molecule has 84 valence electrons. The van der Waals surface area contributed by atoms with Crippen molar-refractivity contribution in [2.24, 2.45) is 5.92 Å². The van der Waals surface area contributed by atoms with Crippen molar-refractivity contribution in [1.82, 2.24) is 0 Å². The molecule has 2 aliphatic rings. The summed E-state index contributed by atoms with van der Waals surface area (Å²) in [5, 5.41) is -0.571. The monoisotopic (exact) mass is 236 g/mol. The molecule has 1 saturated heterocycles. The predicted molar refractivity (Wildman–Crippen MR) is 50.5 cm³/mol.